The van der Waals surface area contributed by atoms with Crippen molar-refractivity contribution in [3.8, 4) is 17.2 Å². The van der Waals surface area contributed by atoms with Crippen molar-refractivity contribution >= 4 is 6.03 Å². The van der Waals surface area contributed by atoms with Gasteiger partial charge in [0.1, 0.15) is 23.9 Å². The van der Waals surface area contributed by atoms with E-state index in [1.807, 2.05) is 53.4 Å². The van der Waals surface area contributed by atoms with Crippen LogP contribution in [-0.2, 0) is 6.54 Å². The van der Waals surface area contributed by atoms with Gasteiger partial charge in [-0.05, 0) is 42.0 Å². The van der Waals surface area contributed by atoms with Crippen LogP contribution in [0.2, 0.25) is 0 Å². The van der Waals surface area contributed by atoms with E-state index in [0.29, 0.717) is 13.2 Å². The number of nitrogens with one attached hydrogen (secondary N) is 1. The summed E-state index contributed by atoms with van der Waals surface area (Å²) in [6, 6.07) is 15.3. The molecule has 29 heavy (non-hydrogen) atoms. The van der Waals surface area contributed by atoms with Crippen molar-refractivity contribution in [1.29, 1.82) is 0 Å². The predicted molar refractivity (Wildman–Crippen MR) is 112 cm³/mol. The summed E-state index contributed by atoms with van der Waals surface area (Å²) in [5, 5.41) is 2.99. The minimum absolute atomic E-state index is 0.0186. The van der Waals surface area contributed by atoms with E-state index in [4.69, 9.17) is 14.2 Å². The number of hydrogen-bond donors (Lipinski definition) is 1. The molecule has 0 unspecified atom stereocenters. The van der Waals surface area contributed by atoms with Gasteiger partial charge in [-0.2, -0.15) is 0 Å². The van der Waals surface area contributed by atoms with Crippen molar-refractivity contribution in [3.05, 3.63) is 54.1 Å². The van der Waals surface area contributed by atoms with Crippen LogP contribution in [0.25, 0.3) is 0 Å². The van der Waals surface area contributed by atoms with Gasteiger partial charge in [-0.1, -0.05) is 12.1 Å². The maximum atomic E-state index is 12.4. The van der Waals surface area contributed by atoms with Crippen LogP contribution in [0.5, 0.6) is 17.2 Å². The molecule has 1 heterocycles. The van der Waals surface area contributed by atoms with E-state index in [1.165, 1.54) is 0 Å². The van der Waals surface area contributed by atoms with E-state index < -0.39 is 0 Å². The summed E-state index contributed by atoms with van der Waals surface area (Å²) < 4.78 is 16.1. The van der Waals surface area contributed by atoms with Gasteiger partial charge >= 0.3 is 6.03 Å². The summed E-state index contributed by atoms with van der Waals surface area (Å²) in [6.45, 7) is 5.11. The van der Waals surface area contributed by atoms with Crippen molar-refractivity contribution in [3.63, 3.8) is 0 Å². The summed E-state index contributed by atoms with van der Waals surface area (Å²) in [7, 11) is 3.29. The zero-order valence-electron chi connectivity index (χ0n) is 17.1. The highest BCUT2D eigenvalue weighted by Gasteiger charge is 2.20. The first-order chi connectivity index (χ1) is 14.2. The molecule has 7 nitrogen and oxygen atoms in total. The zero-order chi connectivity index (χ0) is 20.5. The smallest absolute Gasteiger partial charge is 0.317 e. The van der Waals surface area contributed by atoms with Gasteiger partial charge in [0.15, 0.2) is 0 Å². The molecular weight excluding hydrogens is 370 g/mol. The molecule has 3 rings (SSSR count). The molecule has 7 heteroatoms. The van der Waals surface area contributed by atoms with Crippen molar-refractivity contribution in [2.45, 2.75) is 6.54 Å². The Hall–Kier alpha value is -2.93. The van der Waals surface area contributed by atoms with E-state index >= 15 is 0 Å². The summed E-state index contributed by atoms with van der Waals surface area (Å²) in [4.78, 5) is 16.6. The second-order valence-electron chi connectivity index (χ2n) is 6.86. The number of rotatable bonds is 8. The fraction of sp³-hybridized carbons (Fsp3) is 0.409. The molecule has 156 valence electrons. The molecule has 1 N–H and O–H groups in total. The van der Waals surface area contributed by atoms with Gasteiger partial charge in [-0.15, -0.1) is 0 Å². The van der Waals surface area contributed by atoms with Gasteiger partial charge in [-0.3, -0.25) is 4.90 Å². The van der Waals surface area contributed by atoms with Gasteiger partial charge in [0.2, 0.25) is 0 Å². The van der Waals surface area contributed by atoms with E-state index in [2.05, 4.69) is 10.2 Å². The number of urea groups is 1. The molecule has 1 fully saturated rings. The van der Waals surface area contributed by atoms with Gasteiger partial charge in [0.25, 0.3) is 0 Å². The molecule has 0 aliphatic carbocycles. The first-order valence-electron chi connectivity index (χ1n) is 9.83. The minimum Gasteiger partial charge on any atom is -0.497 e. The summed E-state index contributed by atoms with van der Waals surface area (Å²) in [5.74, 6) is 2.47. The Morgan fingerprint density at radius 3 is 2.00 bits per heavy atom. The predicted octanol–water partition coefficient (Wildman–Crippen LogP) is 2.61. The normalized spacial score (nSPS) is 14.3. The molecule has 1 aliphatic heterocycles. The lowest BCUT2D eigenvalue weighted by Crippen LogP contribution is -2.52. The topological polar surface area (TPSA) is 63.3 Å². The lowest BCUT2D eigenvalue weighted by atomic mass is 10.2. The average Bonchev–Trinajstić information content (AvgIpc) is 2.78. The molecule has 2 amide bonds. The highest BCUT2D eigenvalue weighted by molar-refractivity contribution is 5.74. The number of carbonyl (C=O) groups excluding carboxylic acids is 1. The fourth-order valence-corrected chi connectivity index (χ4v) is 3.17. The van der Waals surface area contributed by atoms with Crippen LogP contribution in [0.15, 0.2) is 48.5 Å². The third kappa shape index (κ3) is 6.29. The van der Waals surface area contributed by atoms with Crippen LogP contribution >= 0.6 is 0 Å². The molecule has 0 saturated carbocycles. The number of ether oxygens (including phenoxy) is 3. The summed E-state index contributed by atoms with van der Waals surface area (Å²) in [6.07, 6.45) is 0. The van der Waals surface area contributed by atoms with Crippen molar-refractivity contribution in [1.82, 2.24) is 15.1 Å². The minimum atomic E-state index is -0.0186. The monoisotopic (exact) mass is 399 g/mol. The third-order valence-electron chi connectivity index (χ3n) is 5.00. The number of hydrogen-bond acceptors (Lipinski definition) is 5. The lowest BCUT2D eigenvalue weighted by molar-refractivity contribution is 0.126. The number of amides is 2. The van der Waals surface area contributed by atoms with Crippen molar-refractivity contribution < 1.29 is 19.0 Å². The lowest BCUT2D eigenvalue weighted by Gasteiger charge is -2.34. The maximum Gasteiger partial charge on any atom is 0.317 e. The Balaban J connectivity index is 1.33. The Kier molecular flexibility index (Phi) is 7.58. The quantitative estimate of drug-likeness (QED) is 0.739. The number of piperazine rings is 1. The summed E-state index contributed by atoms with van der Waals surface area (Å²) >= 11 is 0. The number of carbonyl (C=O) groups is 1. The van der Waals surface area contributed by atoms with E-state index in [0.717, 1.165) is 55.5 Å². The largest absolute Gasteiger partial charge is 0.497 e. The molecule has 0 aromatic heterocycles. The molecule has 0 radical (unpaired) electrons. The third-order valence-corrected chi connectivity index (χ3v) is 5.00. The van der Waals surface area contributed by atoms with Crippen molar-refractivity contribution in [2.75, 3.05) is 53.6 Å². The molecule has 0 bridgehead atoms. The molecular formula is C22H29N3O4. The Morgan fingerprint density at radius 1 is 0.862 bits per heavy atom. The SMILES string of the molecule is COc1ccc(CNC(=O)N2CCN(CCOc3ccc(OC)cc3)CC2)cc1. The number of methoxy groups -OCH3 is 2. The second kappa shape index (κ2) is 10.6. The maximum absolute atomic E-state index is 12.4. The van der Waals surface area contributed by atoms with Gasteiger partial charge < -0.3 is 24.4 Å². The first kappa shape index (κ1) is 20.8. The van der Waals surface area contributed by atoms with Crippen LogP contribution in [0.1, 0.15) is 5.56 Å². The standard InChI is InChI=1S/C22H29N3O4/c1-27-19-5-3-18(4-6-19)17-23-22(26)25-13-11-24(12-14-25)15-16-29-21-9-7-20(28-2)8-10-21/h3-10H,11-17H2,1-2H3,(H,23,26). The summed E-state index contributed by atoms with van der Waals surface area (Å²) in [5.41, 5.74) is 1.05. The van der Waals surface area contributed by atoms with Gasteiger partial charge in [0.05, 0.1) is 14.2 Å². The number of nitrogens with zero attached hydrogens (tertiary/aromatic N) is 2. The Labute approximate surface area is 172 Å². The number of benzene rings is 2. The Bertz CT molecular complexity index is 757. The van der Waals surface area contributed by atoms with Crippen LogP contribution in [0.4, 0.5) is 4.79 Å². The van der Waals surface area contributed by atoms with E-state index in [1.54, 1.807) is 14.2 Å². The molecule has 0 atom stereocenters. The zero-order valence-corrected chi connectivity index (χ0v) is 17.1. The van der Waals surface area contributed by atoms with Gasteiger partial charge in [0, 0.05) is 39.3 Å². The van der Waals surface area contributed by atoms with Gasteiger partial charge in [-0.25, -0.2) is 4.79 Å². The molecule has 2 aromatic rings. The van der Waals surface area contributed by atoms with Crippen LogP contribution in [0.3, 0.4) is 0 Å². The van der Waals surface area contributed by atoms with Crippen LogP contribution < -0.4 is 19.5 Å². The van der Waals surface area contributed by atoms with E-state index in [-0.39, 0.29) is 6.03 Å². The highest BCUT2D eigenvalue weighted by atomic mass is 16.5. The Morgan fingerprint density at radius 2 is 1.41 bits per heavy atom. The van der Waals surface area contributed by atoms with E-state index in [9.17, 15) is 4.79 Å². The fourth-order valence-electron chi connectivity index (χ4n) is 3.17. The molecule has 1 aliphatic rings. The average molecular weight is 399 g/mol. The van der Waals surface area contributed by atoms with Crippen molar-refractivity contribution in [2.24, 2.45) is 0 Å². The van der Waals surface area contributed by atoms with Crippen LogP contribution in [-0.4, -0.2) is 69.4 Å². The highest BCUT2D eigenvalue weighted by Crippen LogP contribution is 2.17. The van der Waals surface area contributed by atoms with Crippen LogP contribution in [0, 0.1) is 0 Å². The molecule has 1 saturated heterocycles. The first-order valence-corrected chi connectivity index (χ1v) is 9.83. The molecule has 0 spiro atoms. The molecule has 2 aromatic carbocycles. The second-order valence-corrected chi connectivity index (χ2v) is 6.86.